The molecule has 0 amide bonds. The van der Waals surface area contributed by atoms with Crippen molar-refractivity contribution in [3.05, 3.63) is 59.2 Å². The van der Waals surface area contributed by atoms with Gasteiger partial charge in [-0.2, -0.15) is 0 Å². The fraction of sp³-hybridized carbons (Fsp3) is 0.238. The van der Waals surface area contributed by atoms with E-state index in [2.05, 4.69) is 6.92 Å². The first-order valence-corrected chi connectivity index (χ1v) is 8.38. The van der Waals surface area contributed by atoms with Crippen molar-refractivity contribution >= 4 is 16.9 Å². The average Bonchev–Trinajstić information content (AvgIpc) is 2.59. The van der Waals surface area contributed by atoms with Gasteiger partial charge in [0.05, 0.1) is 23.4 Å². The number of pyridine rings is 1. The number of aromatic nitrogens is 1. The Kier molecular flexibility index (Phi) is 4.70. The number of aromatic carboxylic acids is 1. The van der Waals surface area contributed by atoms with Crippen molar-refractivity contribution in [3.8, 4) is 17.0 Å². The molecule has 0 radical (unpaired) electrons. The lowest BCUT2D eigenvalue weighted by Crippen LogP contribution is -2.05. The molecule has 25 heavy (non-hydrogen) atoms. The Morgan fingerprint density at radius 3 is 2.48 bits per heavy atom. The van der Waals surface area contributed by atoms with Crippen LogP contribution in [0.3, 0.4) is 0 Å². The first-order valence-electron chi connectivity index (χ1n) is 8.38. The number of ether oxygens (including phenoxy) is 1. The van der Waals surface area contributed by atoms with Gasteiger partial charge in [-0.15, -0.1) is 0 Å². The predicted molar refractivity (Wildman–Crippen MR) is 99.4 cm³/mol. The second kappa shape index (κ2) is 6.93. The van der Waals surface area contributed by atoms with Crippen LogP contribution in [0.4, 0.5) is 0 Å². The summed E-state index contributed by atoms with van der Waals surface area (Å²) in [6, 6.07) is 13.3. The highest BCUT2D eigenvalue weighted by Crippen LogP contribution is 2.31. The third kappa shape index (κ3) is 3.33. The van der Waals surface area contributed by atoms with Crippen LogP contribution in [-0.2, 0) is 0 Å². The molecule has 0 aliphatic rings. The molecule has 1 heterocycles. The van der Waals surface area contributed by atoms with E-state index in [4.69, 9.17) is 9.72 Å². The maximum absolute atomic E-state index is 11.9. The maximum atomic E-state index is 11.9. The Labute approximate surface area is 147 Å². The third-order valence-electron chi connectivity index (χ3n) is 4.20. The molecular weight excluding hydrogens is 314 g/mol. The smallest absolute Gasteiger partial charge is 0.336 e. The van der Waals surface area contributed by atoms with E-state index in [1.54, 1.807) is 0 Å². The molecule has 0 saturated carbocycles. The van der Waals surface area contributed by atoms with Gasteiger partial charge < -0.3 is 9.84 Å². The zero-order chi connectivity index (χ0) is 18.0. The van der Waals surface area contributed by atoms with Crippen molar-refractivity contribution in [1.29, 1.82) is 0 Å². The molecule has 128 valence electrons. The highest BCUT2D eigenvalue weighted by atomic mass is 16.5. The Morgan fingerprint density at radius 2 is 1.84 bits per heavy atom. The summed E-state index contributed by atoms with van der Waals surface area (Å²) in [5.41, 5.74) is 4.27. The molecule has 0 aliphatic heterocycles. The van der Waals surface area contributed by atoms with Gasteiger partial charge in [-0.1, -0.05) is 18.6 Å². The van der Waals surface area contributed by atoms with E-state index in [1.165, 1.54) is 0 Å². The minimum Gasteiger partial charge on any atom is -0.494 e. The first-order chi connectivity index (χ1) is 12.0. The maximum Gasteiger partial charge on any atom is 0.336 e. The molecule has 3 rings (SSSR count). The number of rotatable bonds is 5. The Balaban J connectivity index is 2.14. The van der Waals surface area contributed by atoms with Crippen LogP contribution in [0.1, 0.15) is 34.8 Å². The molecule has 0 bridgehead atoms. The number of nitrogens with zero attached hydrogens (tertiary/aromatic N) is 1. The zero-order valence-corrected chi connectivity index (χ0v) is 14.7. The van der Waals surface area contributed by atoms with Crippen molar-refractivity contribution in [2.45, 2.75) is 27.2 Å². The monoisotopic (exact) mass is 335 g/mol. The fourth-order valence-corrected chi connectivity index (χ4v) is 2.96. The van der Waals surface area contributed by atoms with Gasteiger partial charge in [0.2, 0.25) is 0 Å². The van der Waals surface area contributed by atoms with E-state index < -0.39 is 5.97 Å². The molecule has 0 unspecified atom stereocenters. The lowest BCUT2D eigenvalue weighted by Gasteiger charge is -2.13. The Hall–Kier alpha value is -2.88. The Morgan fingerprint density at radius 1 is 1.12 bits per heavy atom. The largest absolute Gasteiger partial charge is 0.494 e. The molecular formula is C21H21NO3. The second-order valence-corrected chi connectivity index (χ2v) is 6.16. The molecule has 0 saturated heterocycles. The summed E-state index contributed by atoms with van der Waals surface area (Å²) in [6.07, 6.45) is 0.953. The van der Waals surface area contributed by atoms with E-state index in [0.29, 0.717) is 34.3 Å². The summed E-state index contributed by atoms with van der Waals surface area (Å²) in [5.74, 6) is -0.127. The molecule has 0 aliphatic carbocycles. The quantitative estimate of drug-likeness (QED) is 0.712. The van der Waals surface area contributed by atoms with Crippen molar-refractivity contribution in [1.82, 2.24) is 4.98 Å². The van der Waals surface area contributed by atoms with Crippen LogP contribution in [0.2, 0.25) is 0 Å². The fourth-order valence-electron chi connectivity index (χ4n) is 2.96. The van der Waals surface area contributed by atoms with Gasteiger partial charge in [0.15, 0.2) is 0 Å². The molecule has 0 fully saturated rings. The van der Waals surface area contributed by atoms with Gasteiger partial charge in [0.1, 0.15) is 5.75 Å². The number of benzene rings is 2. The van der Waals surface area contributed by atoms with E-state index in [-0.39, 0.29) is 0 Å². The van der Waals surface area contributed by atoms with Gasteiger partial charge in [0, 0.05) is 10.9 Å². The molecule has 4 nitrogen and oxygen atoms in total. The molecule has 1 N–H and O–H groups in total. The number of carboxylic acid groups (broad SMARTS) is 1. The second-order valence-electron chi connectivity index (χ2n) is 6.16. The number of aryl methyl sites for hydroxylation is 1. The standard InChI is InChI=1S/C21H21NO3/c1-4-11-25-16-8-6-15(7-9-16)20-14(3)19(21(23)24)17-12-13(2)5-10-18(17)22-20/h5-10,12H,4,11H2,1-3H3,(H,23,24). The number of fused-ring (bicyclic) bond motifs is 1. The van der Waals surface area contributed by atoms with Crippen LogP contribution in [-0.4, -0.2) is 22.7 Å². The lowest BCUT2D eigenvalue weighted by molar-refractivity contribution is 0.0698. The van der Waals surface area contributed by atoms with Crippen molar-refractivity contribution < 1.29 is 14.6 Å². The SMILES string of the molecule is CCCOc1ccc(-c2nc3ccc(C)cc3c(C(=O)O)c2C)cc1. The van der Waals surface area contributed by atoms with E-state index >= 15 is 0 Å². The lowest BCUT2D eigenvalue weighted by atomic mass is 9.97. The van der Waals surface area contributed by atoms with Crippen LogP contribution in [0.15, 0.2) is 42.5 Å². The van der Waals surface area contributed by atoms with Crippen LogP contribution < -0.4 is 4.74 Å². The Bertz CT molecular complexity index is 930. The summed E-state index contributed by atoms with van der Waals surface area (Å²) in [6.45, 7) is 6.50. The summed E-state index contributed by atoms with van der Waals surface area (Å²) in [4.78, 5) is 16.6. The zero-order valence-electron chi connectivity index (χ0n) is 14.7. The van der Waals surface area contributed by atoms with Crippen LogP contribution in [0, 0.1) is 13.8 Å². The highest BCUT2D eigenvalue weighted by molar-refractivity contribution is 6.05. The molecule has 3 aromatic rings. The van der Waals surface area contributed by atoms with Gasteiger partial charge >= 0.3 is 5.97 Å². The van der Waals surface area contributed by atoms with E-state index in [0.717, 1.165) is 23.3 Å². The third-order valence-corrected chi connectivity index (χ3v) is 4.20. The van der Waals surface area contributed by atoms with Crippen LogP contribution >= 0.6 is 0 Å². The summed E-state index contributed by atoms with van der Waals surface area (Å²) in [7, 11) is 0. The molecule has 1 aromatic heterocycles. The number of hydrogen-bond acceptors (Lipinski definition) is 3. The minimum atomic E-state index is -0.931. The highest BCUT2D eigenvalue weighted by Gasteiger charge is 2.18. The van der Waals surface area contributed by atoms with E-state index in [1.807, 2.05) is 56.3 Å². The molecule has 0 spiro atoms. The molecule has 0 atom stereocenters. The van der Waals surface area contributed by atoms with E-state index in [9.17, 15) is 9.90 Å². The summed E-state index contributed by atoms with van der Waals surface area (Å²) in [5, 5.41) is 10.4. The van der Waals surface area contributed by atoms with Crippen molar-refractivity contribution in [2.24, 2.45) is 0 Å². The van der Waals surface area contributed by atoms with Crippen LogP contribution in [0.25, 0.3) is 22.2 Å². The van der Waals surface area contributed by atoms with Gasteiger partial charge in [-0.3, -0.25) is 0 Å². The number of carboxylic acids is 1. The van der Waals surface area contributed by atoms with Crippen LogP contribution in [0.5, 0.6) is 5.75 Å². The number of hydrogen-bond donors (Lipinski definition) is 1. The predicted octanol–water partition coefficient (Wildman–Crippen LogP) is 5.01. The summed E-state index contributed by atoms with van der Waals surface area (Å²) < 4.78 is 5.61. The normalized spacial score (nSPS) is 10.8. The minimum absolute atomic E-state index is 0.315. The number of carbonyl (C=O) groups is 1. The van der Waals surface area contributed by atoms with Crippen molar-refractivity contribution in [2.75, 3.05) is 6.61 Å². The van der Waals surface area contributed by atoms with Crippen molar-refractivity contribution in [3.63, 3.8) is 0 Å². The average molecular weight is 335 g/mol. The van der Waals surface area contributed by atoms with Gasteiger partial charge in [-0.25, -0.2) is 9.78 Å². The molecule has 2 aromatic carbocycles. The van der Waals surface area contributed by atoms with Gasteiger partial charge in [0.25, 0.3) is 0 Å². The molecule has 4 heteroatoms. The summed E-state index contributed by atoms with van der Waals surface area (Å²) >= 11 is 0. The topological polar surface area (TPSA) is 59.4 Å². The first kappa shape index (κ1) is 17.0. The van der Waals surface area contributed by atoms with Gasteiger partial charge in [-0.05, 0) is 62.2 Å².